The van der Waals surface area contributed by atoms with Gasteiger partial charge < -0.3 is 15.2 Å². The molecule has 0 atom stereocenters. The van der Waals surface area contributed by atoms with Crippen LogP contribution in [0.5, 0.6) is 0 Å². The van der Waals surface area contributed by atoms with Gasteiger partial charge in [0.1, 0.15) is 10.5 Å². The van der Waals surface area contributed by atoms with Crippen molar-refractivity contribution in [2.45, 2.75) is 11.3 Å². The lowest BCUT2D eigenvalue weighted by Crippen LogP contribution is -2.50. The minimum Gasteiger partial charge on any atom is -0.345 e. The molecule has 0 radical (unpaired) electrons. The van der Waals surface area contributed by atoms with Crippen LogP contribution in [0.1, 0.15) is 5.69 Å². The van der Waals surface area contributed by atoms with Crippen molar-refractivity contribution in [3.8, 4) is 0 Å². The number of carbonyl (C=O) groups excluding carboxylic acids is 2. The third-order valence-electron chi connectivity index (χ3n) is 5.58. The molecule has 0 aliphatic carbocycles. The zero-order valence-corrected chi connectivity index (χ0v) is 18.7. The van der Waals surface area contributed by atoms with Crippen LogP contribution in [0.15, 0.2) is 34.8 Å². The van der Waals surface area contributed by atoms with Gasteiger partial charge in [-0.1, -0.05) is 0 Å². The van der Waals surface area contributed by atoms with E-state index in [2.05, 4.69) is 20.3 Å². The lowest BCUT2D eigenvalue weighted by molar-refractivity contribution is -0.131. The van der Waals surface area contributed by atoms with Crippen molar-refractivity contribution >= 4 is 49.5 Å². The van der Waals surface area contributed by atoms with Crippen molar-refractivity contribution in [3.63, 3.8) is 0 Å². The Morgan fingerprint density at radius 2 is 2.00 bits per heavy atom. The van der Waals surface area contributed by atoms with E-state index in [9.17, 15) is 18.0 Å². The summed E-state index contributed by atoms with van der Waals surface area (Å²) >= 11 is 1.33. The average Bonchev–Trinajstić information content (AvgIpc) is 3.53. The van der Waals surface area contributed by atoms with Gasteiger partial charge in [0.25, 0.3) is 0 Å². The van der Waals surface area contributed by atoms with Crippen LogP contribution in [0, 0.1) is 0 Å². The summed E-state index contributed by atoms with van der Waals surface area (Å²) in [6, 6.07) is 3.24. The van der Waals surface area contributed by atoms with Gasteiger partial charge in [-0.3, -0.25) is 9.69 Å². The Bertz CT molecular complexity index is 1280. The fourth-order valence-electron chi connectivity index (χ4n) is 3.88. The summed E-state index contributed by atoms with van der Waals surface area (Å²) in [4.78, 5) is 39.4. The highest BCUT2D eigenvalue weighted by molar-refractivity contribution is 7.89. The zero-order valence-electron chi connectivity index (χ0n) is 17.0. The normalized spacial score (nSPS) is 17.8. The van der Waals surface area contributed by atoms with Crippen molar-refractivity contribution < 1.29 is 18.0 Å². The zero-order chi connectivity index (χ0) is 22.3. The monoisotopic (exact) mass is 475 g/mol. The maximum Gasteiger partial charge on any atom is 0.323 e. The Balaban J connectivity index is 1.21. The van der Waals surface area contributed by atoms with Crippen molar-refractivity contribution in [1.82, 2.24) is 29.5 Å². The summed E-state index contributed by atoms with van der Waals surface area (Å²) in [6.07, 6.45) is 3.18. The van der Waals surface area contributed by atoms with E-state index in [4.69, 9.17) is 0 Å². The van der Waals surface area contributed by atoms with Gasteiger partial charge >= 0.3 is 6.03 Å². The fraction of sp³-hybridized carbons (Fsp3) is 0.368. The molecule has 2 fully saturated rings. The number of urea groups is 1. The Hall–Kier alpha value is -3.03. The van der Waals surface area contributed by atoms with Crippen LogP contribution in [0.3, 0.4) is 0 Å². The van der Waals surface area contributed by atoms with Crippen LogP contribution in [-0.2, 0) is 21.2 Å². The number of anilines is 1. The molecule has 13 heteroatoms. The molecule has 5 heterocycles. The molecular formula is C19H21N7O4S2. The molecule has 168 valence electrons. The van der Waals surface area contributed by atoms with Crippen LogP contribution in [0.2, 0.25) is 0 Å². The second-order valence-corrected chi connectivity index (χ2v) is 10.3. The van der Waals surface area contributed by atoms with Gasteiger partial charge in [-0.25, -0.2) is 23.2 Å². The number of thiazole rings is 1. The van der Waals surface area contributed by atoms with Gasteiger partial charge in [-0.2, -0.15) is 4.31 Å². The number of sulfonamides is 1. The SMILES string of the molecule is O=C(Cc1csc(N2CCNC2=O)n1)N1CCN(S(=O)(=O)c2c[nH]c3ncccc23)CC1. The summed E-state index contributed by atoms with van der Waals surface area (Å²) in [7, 11) is -3.69. The van der Waals surface area contributed by atoms with Crippen molar-refractivity contribution in [2.24, 2.45) is 0 Å². The Labute approximate surface area is 188 Å². The molecule has 0 saturated carbocycles. The van der Waals surface area contributed by atoms with Gasteiger partial charge in [-0.05, 0) is 12.1 Å². The second-order valence-electron chi connectivity index (χ2n) is 7.52. The number of aromatic nitrogens is 3. The molecule has 0 bridgehead atoms. The Kier molecular flexibility index (Phi) is 5.31. The third-order valence-corrected chi connectivity index (χ3v) is 8.43. The lowest BCUT2D eigenvalue weighted by Gasteiger charge is -2.33. The predicted molar refractivity (Wildman–Crippen MR) is 118 cm³/mol. The molecule has 11 nitrogen and oxygen atoms in total. The number of nitrogens with zero attached hydrogens (tertiary/aromatic N) is 5. The molecule has 32 heavy (non-hydrogen) atoms. The molecule has 2 aliphatic rings. The molecule has 3 aromatic heterocycles. The van der Waals surface area contributed by atoms with Gasteiger partial charge in [0.15, 0.2) is 5.13 Å². The summed E-state index contributed by atoms with van der Waals surface area (Å²) in [5, 5.41) is 5.64. The maximum atomic E-state index is 13.1. The molecule has 0 spiro atoms. The van der Waals surface area contributed by atoms with E-state index in [1.54, 1.807) is 33.5 Å². The highest BCUT2D eigenvalue weighted by Crippen LogP contribution is 2.26. The maximum absolute atomic E-state index is 13.1. The molecule has 2 N–H and O–H groups in total. The van der Waals surface area contributed by atoms with E-state index in [0.29, 0.717) is 48.0 Å². The van der Waals surface area contributed by atoms with E-state index in [0.717, 1.165) is 0 Å². The topological polar surface area (TPSA) is 132 Å². The summed E-state index contributed by atoms with van der Waals surface area (Å²) < 4.78 is 27.6. The van der Waals surface area contributed by atoms with E-state index < -0.39 is 10.0 Å². The number of hydrogen-bond acceptors (Lipinski definition) is 7. The minimum absolute atomic E-state index is 0.110. The Morgan fingerprint density at radius 1 is 1.19 bits per heavy atom. The molecule has 3 aromatic rings. The second kappa shape index (κ2) is 8.15. The summed E-state index contributed by atoms with van der Waals surface area (Å²) in [6.45, 7) is 2.19. The molecule has 3 amide bonds. The minimum atomic E-state index is -3.69. The number of rotatable bonds is 5. The third kappa shape index (κ3) is 3.72. The largest absolute Gasteiger partial charge is 0.345 e. The van der Waals surface area contributed by atoms with Gasteiger partial charge in [-0.15, -0.1) is 11.3 Å². The number of pyridine rings is 1. The number of carbonyl (C=O) groups is 2. The van der Waals surface area contributed by atoms with Crippen LogP contribution in [0.4, 0.5) is 9.93 Å². The predicted octanol–water partition coefficient (Wildman–Crippen LogP) is 0.625. The van der Waals surface area contributed by atoms with E-state index in [-0.39, 0.29) is 36.3 Å². The highest BCUT2D eigenvalue weighted by atomic mass is 32.2. The molecule has 0 unspecified atom stereocenters. The number of aromatic amines is 1. The number of hydrogen-bond donors (Lipinski definition) is 2. The first-order valence-electron chi connectivity index (χ1n) is 10.1. The van der Waals surface area contributed by atoms with Gasteiger partial charge in [0.05, 0.1) is 12.1 Å². The van der Waals surface area contributed by atoms with E-state index >= 15 is 0 Å². The number of H-pyrrole nitrogens is 1. The number of fused-ring (bicyclic) bond motifs is 1. The Morgan fingerprint density at radius 3 is 2.75 bits per heavy atom. The lowest BCUT2D eigenvalue weighted by atomic mass is 10.2. The van der Waals surface area contributed by atoms with Crippen LogP contribution in [-0.4, -0.2) is 83.8 Å². The van der Waals surface area contributed by atoms with Gasteiger partial charge in [0.2, 0.25) is 15.9 Å². The quantitative estimate of drug-likeness (QED) is 0.556. The van der Waals surface area contributed by atoms with Crippen molar-refractivity contribution in [1.29, 1.82) is 0 Å². The highest BCUT2D eigenvalue weighted by Gasteiger charge is 2.32. The first-order valence-corrected chi connectivity index (χ1v) is 12.5. The van der Waals surface area contributed by atoms with E-state index in [1.807, 2.05) is 0 Å². The molecule has 0 aromatic carbocycles. The number of amides is 3. The number of piperazine rings is 1. The van der Waals surface area contributed by atoms with Crippen LogP contribution >= 0.6 is 11.3 Å². The standard InChI is InChI=1S/C19H21N7O4S2/c27-16(10-13-12-31-19(23-13)26-5-4-21-18(26)28)24-6-8-25(9-7-24)32(29,30)15-11-22-17-14(15)2-1-3-20-17/h1-3,11-12H,4-10H2,(H,20,22)(H,21,28). The van der Waals surface area contributed by atoms with E-state index in [1.165, 1.54) is 21.8 Å². The number of nitrogens with one attached hydrogen (secondary N) is 2. The first kappa shape index (κ1) is 20.8. The van der Waals surface area contributed by atoms with Crippen LogP contribution < -0.4 is 10.2 Å². The van der Waals surface area contributed by atoms with Gasteiger partial charge in [0, 0.05) is 62.4 Å². The average molecular weight is 476 g/mol. The van der Waals surface area contributed by atoms with Crippen molar-refractivity contribution in [3.05, 3.63) is 35.6 Å². The van der Waals surface area contributed by atoms with Crippen molar-refractivity contribution in [2.75, 3.05) is 44.2 Å². The molecule has 2 aliphatic heterocycles. The molecular weight excluding hydrogens is 454 g/mol. The smallest absolute Gasteiger partial charge is 0.323 e. The summed E-state index contributed by atoms with van der Waals surface area (Å²) in [5.74, 6) is -0.110. The molecule has 2 saturated heterocycles. The van der Waals surface area contributed by atoms with Crippen LogP contribution in [0.25, 0.3) is 11.0 Å². The first-order chi connectivity index (χ1) is 15.4. The summed E-state index contributed by atoms with van der Waals surface area (Å²) in [5.41, 5.74) is 1.13. The fourth-order valence-corrected chi connectivity index (χ4v) is 6.31. The molecule has 5 rings (SSSR count).